The summed E-state index contributed by atoms with van der Waals surface area (Å²) in [5.41, 5.74) is 4.69. The number of rotatable bonds is 4. The molecular formula is C26H20Cl2N4O2. The van der Waals surface area contributed by atoms with Gasteiger partial charge >= 0.3 is 6.03 Å². The number of hydrogen-bond donors (Lipinski definition) is 1. The summed E-state index contributed by atoms with van der Waals surface area (Å²) in [5, 5.41) is 8.37. The number of hydrogen-bond acceptors (Lipinski definition) is 4. The minimum absolute atomic E-state index is 0.299. The third-order valence-corrected chi connectivity index (χ3v) is 6.14. The summed E-state index contributed by atoms with van der Waals surface area (Å²) in [4.78, 5) is 19.5. The molecule has 1 unspecified atom stereocenters. The largest absolute Gasteiger partial charge is 0.334 e. The molecular weight excluding hydrogens is 471 g/mol. The van der Waals surface area contributed by atoms with Gasteiger partial charge in [-0.15, -0.1) is 0 Å². The lowest BCUT2D eigenvalue weighted by Crippen LogP contribution is -2.46. The van der Waals surface area contributed by atoms with E-state index in [0.29, 0.717) is 38.7 Å². The van der Waals surface area contributed by atoms with Gasteiger partial charge in [0.2, 0.25) is 5.82 Å². The number of halogens is 2. The first-order chi connectivity index (χ1) is 16.4. The normalized spacial score (nSPS) is 16.1. The second-order valence-electron chi connectivity index (χ2n) is 8.04. The second kappa shape index (κ2) is 8.97. The molecule has 170 valence electrons. The monoisotopic (exact) mass is 490 g/mol. The van der Waals surface area contributed by atoms with Crippen LogP contribution in [-0.4, -0.2) is 16.2 Å². The van der Waals surface area contributed by atoms with Gasteiger partial charge in [-0.1, -0.05) is 70.3 Å². The fourth-order valence-electron chi connectivity index (χ4n) is 4.12. The molecule has 4 aromatic rings. The molecule has 6 nitrogen and oxygen atoms in total. The SMILES string of the molecule is CC1=C(c2nc(-c3cccc(C)c3)no2)C(c2cccc(Cl)c2)NC(=O)N1c1cccc(Cl)c1. The zero-order valence-electron chi connectivity index (χ0n) is 18.4. The van der Waals surface area contributed by atoms with Crippen molar-refractivity contribution in [3.63, 3.8) is 0 Å². The molecule has 1 aliphatic rings. The van der Waals surface area contributed by atoms with Gasteiger partial charge in [-0.25, -0.2) is 4.79 Å². The molecule has 0 bridgehead atoms. The minimum atomic E-state index is -0.535. The summed E-state index contributed by atoms with van der Waals surface area (Å²) in [6, 6.07) is 21.5. The van der Waals surface area contributed by atoms with E-state index in [9.17, 15) is 4.79 Å². The average molecular weight is 491 g/mol. The Morgan fingerprint density at radius 3 is 2.41 bits per heavy atom. The van der Waals surface area contributed by atoms with Gasteiger partial charge in [0.15, 0.2) is 0 Å². The topological polar surface area (TPSA) is 71.3 Å². The first kappa shape index (κ1) is 22.2. The average Bonchev–Trinajstić information content (AvgIpc) is 3.28. The van der Waals surface area contributed by atoms with E-state index in [-0.39, 0.29) is 6.03 Å². The predicted molar refractivity (Wildman–Crippen MR) is 134 cm³/mol. The lowest BCUT2D eigenvalue weighted by molar-refractivity contribution is 0.244. The molecule has 0 radical (unpaired) electrons. The predicted octanol–water partition coefficient (Wildman–Crippen LogP) is 7.05. The quantitative estimate of drug-likeness (QED) is 0.332. The highest BCUT2D eigenvalue weighted by molar-refractivity contribution is 6.31. The Kier molecular flexibility index (Phi) is 5.86. The fraction of sp³-hybridized carbons (Fsp3) is 0.115. The van der Waals surface area contributed by atoms with Crippen molar-refractivity contribution in [1.82, 2.24) is 15.5 Å². The van der Waals surface area contributed by atoms with Crippen molar-refractivity contribution in [3.8, 4) is 11.4 Å². The van der Waals surface area contributed by atoms with E-state index >= 15 is 0 Å². The molecule has 1 N–H and O–H groups in total. The molecule has 0 saturated carbocycles. The highest BCUT2D eigenvalue weighted by atomic mass is 35.5. The fourth-order valence-corrected chi connectivity index (χ4v) is 4.50. The number of carbonyl (C=O) groups excluding carboxylic acids is 1. The van der Waals surface area contributed by atoms with Gasteiger partial charge in [-0.2, -0.15) is 4.98 Å². The van der Waals surface area contributed by atoms with Crippen LogP contribution in [0.3, 0.4) is 0 Å². The van der Waals surface area contributed by atoms with E-state index in [1.54, 1.807) is 29.2 Å². The number of aromatic nitrogens is 2. The molecule has 0 saturated heterocycles. The first-order valence-electron chi connectivity index (χ1n) is 10.6. The van der Waals surface area contributed by atoms with E-state index in [4.69, 9.17) is 32.7 Å². The summed E-state index contributed by atoms with van der Waals surface area (Å²) in [5.74, 6) is 0.779. The maximum atomic E-state index is 13.3. The Morgan fingerprint density at radius 2 is 1.68 bits per heavy atom. The van der Waals surface area contributed by atoms with Crippen molar-refractivity contribution < 1.29 is 9.32 Å². The molecule has 1 atom stereocenters. The van der Waals surface area contributed by atoms with Gasteiger partial charge in [-0.05, 0) is 55.8 Å². The van der Waals surface area contributed by atoms with Crippen LogP contribution < -0.4 is 10.2 Å². The number of amides is 2. The van der Waals surface area contributed by atoms with E-state index in [0.717, 1.165) is 16.7 Å². The molecule has 8 heteroatoms. The number of nitrogens with zero attached hydrogens (tertiary/aromatic N) is 3. The Bertz CT molecular complexity index is 1430. The third-order valence-electron chi connectivity index (χ3n) is 5.67. The number of allylic oxidation sites excluding steroid dienone is 1. The zero-order chi connectivity index (χ0) is 23.8. The van der Waals surface area contributed by atoms with Crippen molar-refractivity contribution in [3.05, 3.63) is 106 Å². The van der Waals surface area contributed by atoms with E-state index in [1.807, 2.05) is 62.4 Å². The number of nitrogens with one attached hydrogen (secondary N) is 1. The van der Waals surface area contributed by atoms with Crippen molar-refractivity contribution in [1.29, 1.82) is 0 Å². The van der Waals surface area contributed by atoms with Crippen molar-refractivity contribution in [2.45, 2.75) is 19.9 Å². The number of anilines is 1. The van der Waals surface area contributed by atoms with Gasteiger partial charge in [-0.3, -0.25) is 4.90 Å². The molecule has 1 aliphatic heterocycles. The Morgan fingerprint density at radius 1 is 0.941 bits per heavy atom. The lowest BCUT2D eigenvalue weighted by atomic mass is 9.94. The van der Waals surface area contributed by atoms with Crippen LogP contribution in [0.4, 0.5) is 10.5 Å². The van der Waals surface area contributed by atoms with Gasteiger partial charge in [0.05, 0.1) is 17.3 Å². The van der Waals surface area contributed by atoms with Crippen LogP contribution in [0.1, 0.15) is 30.0 Å². The van der Waals surface area contributed by atoms with Crippen LogP contribution >= 0.6 is 23.2 Å². The van der Waals surface area contributed by atoms with E-state index < -0.39 is 6.04 Å². The summed E-state index contributed by atoms with van der Waals surface area (Å²) < 4.78 is 5.74. The van der Waals surface area contributed by atoms with Crippen molar-refractivity contribution >= 4 is 40.5 Å². The van der Waals surface area contributed by atoms with Crippen LogP contribution in [0.5, 0.6) is 0 Å². The molecule has 2 amide bonds. The van der Waals surface area contributed by atoms with Crippen LogP contribution in [-0.2, 0) is 0 Å². The number of urea groups is 1. The van der Waals surface area contributed by atoms with E-state index in [2.05, 4.69) is 10.5 Å². The zero-order valence-corrected chi connectivity index (χ0v) is 19.9. The smallest absolute Gasteiger partial charge is 0.326 e. The standard InChI is InChI=1S/C26H20Cl2N4O2/c1-15-6-3-8-18(12-15)24-30-25(34-31-24)22-16(2)32(21-11-5-10-20(28)14-21)26(33)29-23(22)17-7-4-9-19(27)13-17/h3-14,23H,1-2H3,(H,29,33). The number of carbonyl (C=O) groups is 1. The molecule has 0 aliphatic carbocycles. The third kappa shape index (κ3) is 4.18. The first-order valence-corrected chi connectivity index (χ1v) is 11.4. The highest BCUT2D eigenvalue weighted by Gasteiger charge is 2.36. The van der Waals surface area contributed by atoms with Crippen LogP contribution in [0.15, 0.2) is 83.0 Å². The summed E-state index contributed by atoms with van der Waals surface area (Å²) in [6.07, 6.45) is 0. The highest BCUT2D eigenvalue weighted by Crippen LogP contribution is 2.40. The van der Waals surface area contributed by atoms with E-state index in [1.165, 1.54) is 0 Å². The number of aryl methyl sites for hydroxylation is 1. The molecule has 34 heavy (non-hydrogen) atoms. The van der Waals surface area contributed by atoms with Gasteiger partial charge in [0, 0.05) is 21.3 Å². The van der Waals surface area contributed by atoms with Crippen LogP contribution in [0.2, 0.25) is 10.0 Å². The van der Waals surface area contributed by atoms with Crippen LogP contribution in [0.25, 0.3) is 17.0 Å². The van der Waals surface area contributed by atoms with Crippen LogP contribution in [0, 0.1) is 6.92 Å². The van der Waals surface area contributed by atoms with Gasteiger partial charge in [0.25, 0.3) is 5.89 Å². The molecule has 3 aromatic carbocycles. The van der Waals surface area contributed by atoms with Gasteiger partial charge < -0.3 is 9.84 Å². The Hall–Kier alpha value is -3.61. The Balaban J connectivity index is 1.67. The number of benzene rings is 3. The molecule has 1 aromatic heterocycles. The van der Waals surface area contributed by atoms with Gasteiger partial charge in [0.1, 0.15) is 0 Å². The maximum absolute atomic E-state index is 13.3. The lowest BCUT2D eigenvalue weighted by Gasteiger charge is -2.35. The summed E-state index contributed by atoms with van der Waals surface area (Å²) >= 11 is 12.5. The van der Waals surface area contributed by atoms with Crippen molar-refractivity contribution in [2.75, 3.05) is 4.90 Å². The summed E-state index contributed by atoms with van der Waals surface area (Å²) in [7, 11) is 0. The molecule has 0 spiro atoms. The second-order valence-corrected chi connectivity index (χ2v) is 8.92. The molecule has 5 rings (SSSR count). The Labute approximate surface area is 206 Å². The summed E-state index contributed by atoms with van der Waals surface area (Å²) in [6.45, 7) is 3.86. The maximum Gasteiger partial charge on any atom is 0.326 e. The molecule has 0 fully saturated rings. The molecule has 2 heterocycles. The minimum Gasteiger partial charge on any atom is -0.334 e. The van der Waals surface area contributed by atoms with Crippen molar-refractivity contribution in [2.24, 2.45) is 0 Å².